The Labute approximate surface area is 104 Å². The largest absolute Gasteiger partial charge is 0.671 e. The molecule has 9 heteroatoms. The average Bonchev–Trinajstić information content (AvgIpc) is 2.10. The van der Waals surface area contributed by atoms with Gasteiger partial charge in [0.15, 0.2) is 0 Å². The molecule has 0 aliphatic heterocycles. The van der Waals surface area contributed by atoms with Crippen LogP contribution in [0, 0.1) is 0 Å². The van der Waals surface area contributed by atoms with Crippen LogP contribution in [0.15, 0.2) is 23.8 Å². The molecule has 0 unspecified atom stereocenters. The lowest BCUT2D eigenvalue weighted by Crippen LogP contribution is -2.44. The molecule has 3 nitrogen and oxygen atoms in total. The minimum atomic E-state index is -5.30. The molecule has 0 radical (unpaired) electrons. The van der Waals surface area contributed by atoms with Crippen molar-refractivity contribution in [1.82, 2.24) is 0 Å². The van der Waals surface area contributed by atoms with Crippen molar-refractivity contribution in [2.45, 2.75) is 37.9 Å². The van der Waals surface area contributed by atoms with E-state index in [0.717, 1.165) is 6.08 Å². The van der Waals surface area contributed by atoms with Crippen LogP contribution in [0.3, 0.4) is 0 Å². The molecule has 0 spiro atoms. The summed E-state index contributed by atoms with van der Waals surface area (Å²) in [6.07, 6.45) is -8.70. The van der Waals surface area contributed by atoms with Crippen molar-refractivity contribution in [1.29, 1.82) is 0 Å². The maximum absolute atomic E-state index is 12.2. The lowest BCUT2D eigenvalue weighted by molar-refractivity contribution is -0.465. The molecule has 0 aromatic carbocycles. The fraction of sp³-hybridized carbons (Fsp3) is 0.600. The van der Waals surface area contributed by atoms with Gasteiger partial charge in [-0.3, -0.25) is 9.47 Å². The van der Waals surface area contributed by atoms with Gasteiger partial charge in [-0.15, -0.1) is 32.4 Å². The van der Waals surface area contributed by atoms with Gasteiger partial charge in [0.25, 0.3) is 0 Å². The number of rotatable bonds is 3. The lowest BCUT2D eigenvalue weighted by Gasteiger charge is -2.36. The third-order valence-corrected chi connectivity index (χ3v) is 2.24. The minimum Gasteiger partial charge on any atom is -0.671 e. The van der Waals surface area contributed by atoms with Crippen molar-refractivity contribution in [3.63, 3.8) is 0 Å². The van der Waals surface area contributed by atoms with Crippen LogP contribution in [0.4, 0.5) is 26.3 Å². The van der Waals surface area contributed by atoms with E-state index in [0.29, 0.717) is 6.08 Å². The molecule has 0 bridgehead atoms. The highest BCUT2D eigenvalue weighted by Gasteiger charge is 2.50. The topological polar surface area (TPSA) is 42.3 Å². The van der Waals surface area contributed by atoms with E-state index in [1.54, 1.807) is 0 Å². The number of nitrogens with one attached hydrogen (secondary N) is 1. The fourth-order valence-corrected chi connectivity index (χ4v) is 1.57. The van der Waals surface area contributed by atoms with Gasteiger partial charge in [0.05, 0.1) is 0 Å². The molecule has 0 amide bonds. The van der Waals surface area contributed by atoms with Crippen LogP contribution in [-0.2, 0) is 9.47 Å². The predicted molar refractivity (Wildman–Crippen MR) is 52.6 cm³/mol. The standard InChI is InChI=1S/C10H10F6NO2/c1-6(17)7-3-2-4-8(5-7,18-9(11,12)13)19-10(14,15)16/h2-4,6,17H,5H2,1H3/q-1/t6-/m0/s1. The monoisotopic (exact) mass is 290 g/mol. The summed E-state index contributed by atoms with van der Waals surface area (Å²) in [6.45, 7) is 1.32. The third kappa shape index (κ3) is 5.21. The zero-order chi connectivity index (χ0) is 14.9. The van der Waals surface area contributed by atoms with Gasteiger partial charge in [-0.25, -0.2) is 0 Å². The SMILES string of the molecule is C[C@H]([NH-])C1=CC=CC(OC(F)(F)F)(OC(F)(F)F)C1. The summed E-state index contributed by atoms with van der Waals surface area (Å²) in [5, 5.41) is 0. The number of alkyl halides is 6. The van der Waals surface area contributed by atoms with Gasteiger partial charge in [-0.05, 0) is 6.08 Å². The number of allylic oxidation sites excluding steroid dienone is 2. The van der Waals surface area contributed by atoms with Crippen LogP contribution in [-0.4, -0.2) is 24.6 Å². The maximum atomic E-state index is 12.2. The van der Waals surface area contributed by atoms with Crippen molar-refractivity contribution in [2.24, 2.45) is 0 Å². The molecule has 0 saturated heterocycles. The summed E-state index contributed by atoms with van der Waals surface area (Å²) in [4.78, 5) is 0. The zero-order valence-corrected chi connectivity index (χ0v) is 9.60. The van der Waals surface area contributed by atoms with Crippen molar-refractivity contribution in [3.8, 4) is 0 Å². The molecule has 1 rings (SSSR count). The summed E-state index contributed by atoms with van der Waals surface area (Å²) in [7, 11) is 0. The summed E-state index contributed by atoms with van der Waals surface area (Å²) in [5.41, 5.74) is 7.37. The molecule has 1 aliphatic rings. The average molecular weight is 290 g/mol. The van der Waals surface area contributed by atoms with Crippen molar-refractivity contribution in [2.75, 3.05) is 0 Å². The molecule has 1 N–H and O–H groups in total. The second-order valence-electron chi connectivity index (χ2n) is 3.91. The number of hydrogen-bond acceptors (Lipinski definition) is 2. The Morgan fingerprint density at radius 1 is 1.16 bits per heavy atom. The number of ether oxygens (including phenoxy) is 2. The molecule has 19 heavy (non-hydrogen) atoms. The Kier molecular flexibility index (Phi) is 4.33. The quantitative estimate of drug-likeness (QED) is 0.580. The molecule has 110 valence electrons. The summed E-state index contributed by atoms with van der Waals surface area (Å²) in [5.74, 6) is -3.02. The van der Waals surface area contributed by atoms with Crippen LogP contribution in [0.25, 0.3) is 5.73 Å². The first kappa shape index (κ1) is 16.0. The van der Waals surface area contributed by atoms with E-state index in [4.69, 9.17) is 5.73 Å². The molecule has 0 saturated carbocycles. The third-order valence-electron chi connectivity index (χ3n) is 2.24. The van der Waals surface area contributed by atoms with E-state index in [2.05, 4.69) is 9.47 Å². The second-order valence-corrected chi connectivity index (χ2v) is 3.91. The highest BCUT2D eigenvalue weighted by Crippen LogP contribution is 2.39. The summed E-state index contributed by atoms with van der Waals surface area (Å²) in [6, 6.07) is -0.974. The molecule has 0 aromatic heterocycles. The van der Waals surface area contributed by atoms with Crippen molar-refractivity contribution < 1.29 is 35.8 Å². The lowest BCUT2D eigenvalue weighted by atomic mass is 9.95. The highest BCUT2D eigenvalue weighted by atomic mass is 19.4. The summed E-state index contributed by atoms with van der Waals surface area (Å²) < 4.78 is 80.3. The Balaban J connectivity index is 3.02. The second kappa shape index (κ2) is 5.14. The zero-order valence-electron chi connectivity index (χ0n) is 9.60. The van der Waals surface area contributed by atoms with Crippen molar-refractivity contribution >= 4 is 0 Å². The normalized spacial score (nSPS) is 21.2. The van der Waals surface area contributed by atoms with Crippen molar-refractivity contribution in [3.05, 3.63) is 29.5 Å². The fourth-order valence-electron chi connectivity index (χ4n) is 1.57. The van der Waals surface area contributed by atoms with E-state index in [-0.39, 0.29) is 5.57 Å². The Morgan fingerprint density at radius 3 is 2.00 bits per heavy atom. The van der Waals surface area contributed by atoms with E-state index in [9.17, 15) is 26.3 Å². The van der Waals surface area contributed by atoms with Gasteiger partial charge in [0.2, 0.25) is 5.79 Å². The number of hydrogen-bond donors (Lipinski definition) is 0. The van der Waals surface area contributed by atoms with E-state index < -0.39 is 31.0 Å². The summed E-state index contributed by atoms with van der Waals surface area (Å²) >= 11 is 0. The molecule has 0 fully saturated rings. The highest BCUT2D eigenvalue weighted by molar-refractivity contribution is 5.28. The molecule has 1 aliphatic carbocycles. The van der Waals surface area contributed by atoms with Gasteiger partial charge >= 0.3 is 12.7 Å². The molecular formula is C10H10F6NO2-. The minimum absolute atomic E-state index is 0.0380. The Morgan fingerprint density at radius 2 is 1.63 bits per heavy atom. The number of halogens is 6. The van der Waals surface area contributed by atoms with Gasteiger partial charge in [-0.1, -0.05) is 24.6 Å². The van der Waals surface area contributed by atoms with Gasteiger partial charge in [-0.2, -0.15) is 0 Å². The maximum Gasteiger partial charge on any atom is 0.525 e. The van der Waals surface area contributed by atoms with Crippen LogP contribution in [0.2, 0.25) is 0 Å². The first-order chi connectivity index (χ1) is 8.43. The Hall–Kier alpha value is -1.06. The van der Waals surface area contributed by atoms with E-state index in [1.165, 1.54) is 13.0 Å². The van der Waals surface area contributed by atoms with Crippen LogP contribution >= 0.6 is 0 Å². The smallest absolute Gasteiger partial charge is 0.525 e. The first-order valence-corrected chi connectivity index (χ1v) is 5.06. The van der Waals surface area contributed by atoms with Gasteiger partial charge < -0.3 is 5.73 Å². The van der Waals surface area contributed by atoms with Crippen LogP contribution in [0.1, 0.15) is 13.3 Å². The van der Waals surface area contributed by atoms with Gasteiger partial charge in [0, 0.05) is 6.42 Å². The molecule has 0 aromatic rings. The van der Waals surface area contributed by atoms with Crippen LogP contribution in [0.5, 0.6) is 0 Å². The van der Waals surface area contributed by atoms with Gasteiger partial charge in [0.1, 0.15) is 0 Å². The molecular weight excluding hydrogens is 280 g/mol. The predicted octanol–water partition coefficient (Wildman–Crippen LogP) is 4.08. The van der Waals surface area contributed by atoms with E-state index >= 15 is 0 Å². The van der Waals surface area contributed by atoms with E-state index in [1.807, 2.05) is 0 Å². The first-order valence-electron chi connectivity index (χ1n) is 5.06. The Bertz CT molecular complexity index is 366. The van der Waals surface area contributed by atoms with Crippen LogP contribution < -0.4 is 0 Å². The molecule has 0 heterocycles. The molecule has 1 atom stereocenters.